The largest absolute Gasteiger partial charge is 0.508 e. The minimum absolute atomic E-state index is 0.112. The number of benzene rings is 2. The van der Waals surface area contributed by atoms with E-state index in [0.717, 1.165) is 12.1 Å². The van der Waals surface area contributed by atoms with Crippen molar-refractivity contribution < 1.29 is 74.4 Å². The molecule has 0 radical (unpaired) electrons. The summed E-state index contributed by atoms with van der Waals surface area (Å²) in [6, 6.07) is 6.03. The first-order valence-electron chi connectivity index (χ1n) is 13.1. The van der Waals surface area contributed by atoms with E-state index in [-0.39, 0.29) is 40.5 Å². The van der Waals surface area contributed by atoms with Gasteiger partial charge in [-0.25, -0.2) is 0 Å². The van der Waals surface area contributed by atoms with Crippen LogP contribution in [0.3, 0.4) is 0 Å². The Balaban J connectivity index is 1.42. The number of aliphatic hydroxyl groups is 6. The average molecular weight is 597 g/mol. The van der Waals surface area contributed by atoms with Crippen LogP contribution in [0.25, 0.3) is 0 Å². The number of aromatic hydroxyl groups is 3. The number of fused-ring (bicyclic) bond motifs is 1. The molecule has 0 saturated carbocycles. The van der Waals surface area contributed by atoms with Crippen LogP contribution >= 0.6 is 0 Å². The molecule has 3 aliphatic rings. The standard InChI is InChI=1S/C27H32O15/c1-9-20(33)22(35)24(37)26(38-9)42-25-23(36)21(34)18(8-28)41-27(25)39-13-5-14(31)19-15(32)7-16(40-17(19)6-13)10-2-11(29)4-12(30)3-10/h2-6,9,16,18,20-31,33-37H,7-8H2,1H3. The molecule has 2 aromatic carbocycles. The SMILES string of the molecule is CC1OC(OC2C(Oc3cc(O)c4c(c3)OC(c3cc(O)cc(O)c3)CC4=O)OC(CO)C(O)C2O)C(O)C(O)C1O. The van der Waals surface area contributed by atoms with Crippen LogP contribution in [0.4, 0.5) is 0 Å². The molecule has 5 rings (SSSR count). The Hall–Kier alpha value is -3.25. The summed E-state index contributed by atoms with van der Waals surface area (Å²) >= 11 is 0. The number of phenols is 3. The van der Waals surface area contributed by atoms with Gasteiger partial charge in [-0.3, -0.25) is 4.79 Å². The summed E-state index contributed by atoms with van der Waals surface area (Å²) in [5, 5.41) is 91.8. The van der Waals surface area contributed by atoms with E-state index in [2.05, 4.69) is 0 Å². The maximum atomic E-state index is 12.9. The molecule has 2 aromatic rings. The summed E-state index contributed by atoms with van der Waals surface area (Å²) in [7, 11) is 0. The van der Waals surface area contributed by atoms with Crippen LogP contribution < -0.4 is 9.47 Å². The zero-order valence-electron chi connectivity index (χ0n) is 22.1. The second-order valence-electron chi connectivity index (χ2n) is 10.4. The van der Waals surface area contributed by atoms with Crippen molar-refractivity contribution >= 4 is 5.78 Å². The first-order valence-corrected chi connectivity index (χ1v) is 13.1. The lowest BCUT2D eigenvalue weighted by Gasteiger charge is -2.45. The number of hydrogen-bond donors (Lipinski definition) is 9. The third-order valence-electron chi connectivity index (χ3n) is 7.45. The second kappa shape index (κ2) is 11.8. The molecule has 0 aliphatic carbocycles. The van der Waals surface area contributed by atoms with E-state index < -0.39 is 85.7 Å². The highest BCUT2D eigenvalue weighted by molar-refractivity contribution is 6.02. The van der Waals surface area contributed by atoms with Crippen LogP contribution in [0.15, 0.2) is 30.3 Å². The van der Waals surface area contributed by atoms with Crippen LogP contribution in [0.2, 0.25) is 0 Å². The molecule has 0 amide bonds. The zero-order valence-corrected chi connectivity index (χ0v) is 22.1. The number of carbonyl (C=O) groups excluding carboxylic acids is 1. The van der Waals surface area contributed by atoms with Gasteiger partial charge in [-0.15, -0.1) is 0 Å². The molecule has 0 bridgehead atoms. The first-order chi connectivity index (χ1) is 19.9. The molecular weight excluding hydrogens is 564 g/mol. The molecule has 15 heteroatoms. The first kappa shape index (κ1) is 30.2. The van der Waals surface area contributed by atoms with E-state index in [4.69, 9.17) is 23.7 Å². The Labute approximate surface area is 238 Å². The Morgan fingerprint density at radius 3 is 2.19 bits per heavy atom. The Morgan fingerprint density at radius 1 is 0.833 bits per heavy atom. The van der Waals surface area contributed by atoms with Gasteiger partial charge in [0.05, 0.1) is 19.1 Å². The molecule has 11 unspecified atom stereocenters. The average Bonchev–Trinajstić information content (AvgIpc) is 2.93. The minimum atomic E-state index is -1.78. The maximum Gasteiger partial charge on any atom is 0.229 e. The summed E-state index contributed by atoms with van der Waals surface area (Å²) < 4.78 is 28.4. The predicted octanol–water partition coefficient (Wildman–Crippen LogP) is -1.46. The van der Waals surface area contributed by atoms with Crippen LogP contribution in [-0.2, 0) is 14.2 Å². The fraction of sp³-hybridized carbons (Fsp3) is 0.519. The Kier molecular flexibility index (Phi) is 8.48. The monoisotopic (exact) mass is 596 g/mol. The molecular formula is C27H32O15. The molecule has 0 aromatic heterocycles. The number of hydrogen-bond acceptors (Lipinski definition) is 15. The third kappa shape index (κ3) is 5.70. The van der Waals surface area contributed by atoms with E-state index in [1.807, 2.05) is 0 Å². The Morgan fingerprint density at radius 2 is 1.52 bits per heavy atom. The number of carbonyl (C=O) groups is 1. The molecule has 3 heterocycles. The highest BCUT2D eigenvalue weighted by Crippen LogP contribution is 2.43. The summed E-state index contributed by atoms with van der Waals surface area (Å²) in [5.41, 5.74) is 0.140. The van der Waals surface area contributed by atoms with Crippen molar-refractivity contribution in [2.45, 2.75) is 80.9 Å². The van der Waals surface area contributed by atoms with Crippen molar-refractivity contribution in [2.24, 2.45) is 0 Å². The van der Waals surface area contributed by atoms with Crippen molar-refractivity contribution in [3.63, 3.8) is 0 Å². The van der Waals surface area contributed by atoms with Crippen molar-refractivity contribution in [3.05, 3.63) is 41.5 Å². The van der Waals surface area contributed by atoms with Crippen LogP contribution in [0.5, 0.6) is 28.7 Å². The number of aliphatic hydroxyl groups excluding tert-OH is 6. The predicted molar refractivity (Wildman–Crippen MR) is 136 cm³/mol. The number of ether oxygens (including phenoxy) is 5. The topological polar surface area (TPSA) is 245 Å². The summed E-state index contributed by atoms with van der Waals surface area (Å²) in [6.07, 6.45) is -16.6. The lowest BCUT2D eigenvalue weighted by Crippen LogP contribution is -2.64. The van der Waals surface area contributed by atoms with Crippen molar-refractivity contribution in [1.82, 2.24) is 0 Å². The van der Waals surface area contributed by atoms with Gasteiger partial charge in [-0.05, 0) is 19.1 Å². The normalized spacial score (nSPS) is 36.6. The Bertz CT molecular complexity index is 1280. The van der Waals surface area contributed by atoms with E-state index in [9.17, 15) is 50.8 Å². The quantitative estimate of drug-likeness (QED) is 0.185. The highest BCUT2D eigenvalue weighted by Gasteiger charge is 2.51. The van der Waals surface area contributed by atoms with Gasteiger partial charge in [0.25, 0.3) is 0 Å². The summed E-state index contributed by atoms with van der Waals surface area (Å²) in [5.74, 6) is -1.80. The number of ketones is 1. The third-order valence-corrected chi connectivity index (χ3v) is 7.45. The van der Waals surface area contributed by atoms with Crippen LogP contribution in [0.1, 0.15) is 35.4 Å². The van der Waals surface area contributed by atoms with Crippen LogP contribution in [0, 0.1) is 0 Å². The molecule has 42 heavy (non-hydrogen) atoms. The van der Waals surface area contributed by atoms with Crippen molar-refractivity contribution in [2.75, 3.05) is 6.61 Å². The zero-order chi connectivity index (χ0) is 30.5. The van der Waals surface area contributed by atoms with Gasteiger partial charge in [0.1, 0.15) is 77.0 Å². The fourth-order valence-electron chi connectivity index (χ4n) is 5.18. The molecule has 2 saturated heterocycles. The molecule has 230 valence electrons. The van der Waals surface area contributed by atoms with Gasteiger partial charge < -0.3 is 69.6 Å². The van der Waals surface area contributed by atoms with E-state index in [1.165, 1.54) is 25.1 Å². The van der Waals surface area contributed by atoms with Gasteiger partial charge in [0.2, 0.25) is 6.29 Å². The summed E-state index contributed by atoms with van der Waals surface area (Å²) in [4.78, 5) is 12.9. The minimum Gasteiger partial charge on any atom is -0.508 e. The molecule has 11 atom stereocenters. The van der Waals surface area contributed by atoms with Gasteiger partial charge in [0.15, 0.2) is 18.2 Å². The van der Waals surface area contributed by atoms with Crippen LogP contribution in [-0.4, -0.2) is 120 Å². The van der Waals surface area contributed by atoms with Gasteiger partial charge in [-0.1, -0.05) is 0 Å². The smallest absolute Gasteiger partial charge is 0.229 e. The van der Waals surface area contributed by atoms with Gasteiger partial charge in [0, 0.05) is 23.8 Å². The maximum absolute atomic E-state index is 12.9. The van der Waals surface area contributed by atoms with Crippen molar-refractivity contribution in [1.29, 1.82) is 0 Å². The molecule has 9 N–H and O–H groups in total. The van der Waals surface area contributed by atoms with E-state index in [0.29, 0.717) is 0 Å². The lowest BCUT2D eigenvalue weighted by molar-refractivity contribution is -0.354. The van der Waals surface area contributed by atoms with E-state index in [1.54, 1.807) is 0 Å². The number of phenolic OH excluding ortho intramolecular Hbond substituents is 3. The molecule has 3 aliphatic heterocycles. The van der Waals surface area contributed by atoms with Crippen molar-refractivity contribution in [3.8, 4) is 28.7 Å². The van der Waals surface area contributed by atoms with E-state index >= 15 is 0 Å². The highest BCUT2D eigenvalue weighted by atomic mass is 16.8. The molecule has 15 nitrogen and oxygen atoms in total. The fourth-order valence-corrected chi connectivity index (χ4v) is 5.18. The van der Waals surface area contributed by atoms with Gasteiger partial charge >= 0.3 is 0 Å². The molecule has 2 fully saturated rings. The summed E-state index contributed by atoms with van der Waals surface area (Å²) in [6.45, 7) is 0.679. The second-order valence-corrected chi connectivity index (χ2v) is 10.4. The number of rotatable bonds is 6. The number of Topliss-reactive ketones (excluding diaryl/α,β-unsaturated/α-hetero) is 1. The molecule has 0 spiro atoms. The lowest BCUT2D eigenvalue weighted by atomic mass is 9.95. The van der Waals surface area contributed by atoms with Gasteiger partial charge in [-0.2, -0.15) is 0 Å².